The van der Waals surface area contributed by atoms with Gasteiger partial charge in [-0.15, -0.1) is 0 Å². The van der Waals surface area contributed by atoms with Gasteiger partial charge >= 0.3 is 0 Å². The summed E-state index contributed by atoms with van der Waals surface area (Å²) in [5.41, 5.74) is 3.25. The minimum absolute atomic E-state index is 0.944. The Morgan fingerprint density at radius 3 is 2.69 bits per heavy atom. The van der Waals surface area contributed by atoms with Gasteiger partial charge in [-0.3, -0.25) is 0 Å². The highest BCUT2D eigenvalue weighted by Crippen LogP contribution is 2.23. The van der Waals surface area contributed by atoms with E-state index in [0.717, 1.165) is 20.3 Å². The molecule has 0 saturated carbocycles. The van der Waals surface area contributed by atoms with Crippen LogP contribution in [0.15, 0.2) is 48.7 Å². The molecule has 3 rings (SSSR count). The van der Waals surface area contributed by atoms with Gasteiger partial charge in [0.05, 0.1) is 0 Å². The molecule has 3 heteroatoms. The van der Waals surface area contributed by atoms with Gasteiger partial charge in [0.2, 0.25) is 0 Å². The normalized spacial score (nSPS) is 10.8. The minimum atomic E-state index is 0.944. The van der Waals surface area contributed by atoms with Crippen molar-refractivity contribution in [3.8, 4) is 11.3 Å². The summed E-state index contributed by atoms with van der Waals surface area (Å²) in [5.74, 6) is 0. The number of benzene rings is 1. The summed E-state index contributed by atoms with van der Waals surface area (Å²) in [5, 5.41) is 1.16. The molecule has 0 fully saturated rings. The summed E-state index contributed by atoms with van der Waals surface area (Å²) < 4.78 is 1.16. The van der Waals surface area contributed by atoms with Gasteiger partial charge < -0.3 is 4.98 Å². The molecular formula is C13H9IN2. The third-order valence-electron chi connectivity index (χ3n) is 2.52. The SMILES string of the molecule is Ic1cnc2[nH]c(-c3ccccc3)cc2c1. The summed E-state index contributed by atoms with van der Waals surface area (Å²) in [4.78, 5) is 7.69. The van der Waals surface area contributed by atoms with Crippen molar-refractivity contribution in [1.29, 1.82) is 0 Å². The predicted octanol–water partition coefficient (Wildman–Crippen LogP) is 3.83. The molecule has 0 unspecified atom stereocenters. The van der Waals surface area contributed by atoms with E-state index in [1.54, 1.807) is 0 Å². The molecule has 78 valence electrons. The summed E-state index contributed by atoms with van der Waals surface area (Å²) in [6.45, 7) is 0. The van der Waals surface area contributed by atoms with Crippen molar-refractivity contribution in [1.82, 2.24) is 9.97 Å². The maximum absolute atomic E-state index is 4.36. The highest BCUT2D eigenvalue weighted by atomic mass is 127. The molecule has 0 atom stereocenters. The molecule has 0 aliphatic rings. The first kappa shape index (κ1) is 9.84. The zero-order valence-corrected chi connectivity index (χ0v) is 10.6. The van der Waals surface area contributed by atoms with E-state index in [-0.39, 0.29) is 0 Å². The Balaban J connectivity index is 2.19. The number of nitrogens with zero attached hydrogens (tertiary/aromatic N) is 1. The fourth-order valence-corrected chi connectivity index (χ4v) is 2.24. The van der Waals surface area contributed by atoms with Crippen LogP contribution in [0.5, 0.6) is 0 Å². The van der Waals surface area contributed by atoms with Crippen molar-refractivity contribution >= 4 is 33.6 Å². The number of hydrogen-bond donors (Lipinski definition) is 1. The Bertz CT molecular complexity index is 629. The quantitative estimate of drug-likeness (QED) is 0.678. The van der Waals surface area contributed by atoms with E-state index in [0.29, 0.717) is 0 Å². The first-order chi connectivity index (χ1) is 7.83. The fourth-order valence-electron chi connectivity index (χ4n) is 1.76. The third kappa shape index (κ3) is 1.71. The van der Waals surface area contributed by atoms with E-state index in [2.05, 4.69) is 56.8 Å². The molecule has 2 nitrogen and oxygen atoms in total. The fraction of sp³-hybridized carbons (Fsp3) is 0. The first-order valence-electron chi connectivity index (χ1n) is 5.02. The van der Waals surface area contributed by atoms with Crippen molar-refractivity contribution in [3.05, 3.63) is 52.2 Å². The van der Waals surface area contributed by atoms with Gasteiger partial charge in [0.1, 0.15) is 5.65 Å². The molecule has 0 saturated heterocycles. The molecule has 1 aromatic carbocycles. The molecule has 0 radical (unpaired) electrons. The first-order valence-corrected chi connectivity index (χ1v) is 6.10. The Kier molecular flexibility index (Phi) is 2.40. The van der Waals surface area contributed by atoms with E-state index >= 15 is 0 Å². The molecule has 0 bridgehead atoms. The molecule has 2 heterocycles. The van der Waals surface area contributed by atoms with Gasteiger partial charge in [-0.25, -0.2) is 4.98 Å². The van der Waals surface area contributed by atoms with Gasteiger partial charge in [-0.1, -0.05) is 30.3 Å². The van der Waals surface area contributed by atoms with Gasteiger partial charge in [-0.2, -0.15) is 0 Å². The molecular weight excluding hydrogens is 311 g/mol. The van der Waals surface area contributed by atoms with Crippen LogP contribution >= 0.6 is 22.6 Å². The molecule has 0 spiro atoms. The summed E-state index contributed by atoms with van der Waals surface area (Å²) in [6, 6.07) is 14.6. The number of fused-ring (bicyclic) bond motifs is 1. The van der Waals surface area contributed by atoms with Crippen LogP contribution in [0, 0.1) is 3.57 Å². The van der Waals surface area contributed by atoms with Crippen molar-refractivity contribution in [2.75, 3.05) is 0 Å². The minimum Gasteiger partial charge on any atom is -0.339 e. The van der Waals surface area contributed by atoms with Crippen molar-refractivity contribution < 1.29 is 0 Å². The second-order valence-electron chi connectivity index (χ2n) is 3.64. The van der Waals surface area contributed by atoms with Crippen LogP contribution in [0.25, 0.3) is 22.3 Å². The largest absolute Gasteiger partial charge is 0.339 e. The second kappa shape index (κ2) is 3.90. The van der Waals surface area contributed by atoms with Crippen LogP contribution in [0.2, 0.25) is 0 Å². The van der Waals surface area contributed by atoms with Gasteiger partial charge in [-0.05, 0) is 40.3 Å². The maximum atomic E-state index is 4.36. The van der Waals surface area contributed by atoms with Crippen molar-refractivity contribution in [3.63, 3.8) is 0 Å². The lowest BCUT2D eigenvalue weighted by Gasteiger charge is -1.94. The predicted molar refractivity (Wildman–Crippen MR) is 74.2 cm³/mol. The van der Waals surface area contributed by atoms with Gasteiger partial charge in [0, 0.05) is 20.8 Å². The zero-order valence-electron chi connectivity index (χ0n) is 8.44. The third-order valence-corrected chi connectivity index (χ3v) is 3.11. The van der Waals surface area contributed by atoms with Gasteiger partial charge in [0.25, 0.3) is 0 Å². The van der Waals surface area contributed by atoms with Crippen LogP contribution in [-0.4, -0.2) is 9.97 Å². The van der Waals surface area contributed by atoms with Gasteiger partial charge in [0.15, 0.2) is 0 Å². The van der Waals surface area contributed by atoms with Crippen LogP contribution in [-0.2, 0) is 0 Å². The lowest BCUT2D eigenvalue weighted by atomic mass is 10.1. The van der Waals surface area contributed by atoms with E-state index < -0.39 is 0 Å². The number of aromatic nitrogens is 2. The Morgan fingerprint density at radius 1 is 1.06 bits per heavy atom. The van der Waals surface area contributed by atoms with Crippen LogP contribution < -0.4 is 0 Å². The lowest BCUT2D eigenvalue weighted by molar-refractivity contribution is 1.31. The van der Waals surface area contributed by atoms with Crippen LogP contribution in [0.1, 0.15) is 0 Å². The number of H-pyrrole nitrogens is 1. The van der Waals surface area contributed by atoms with Crippen LogP contribution in [0.4, 0.5) is 0 Å². The Hall–Kier alpha value is -1.36. The zero-order chi connectivity index (χ0) is 11.0. The summed E-state index contributed by atoms with van der Waals surface area (Å²) in [7, 11) is 0. The second-order valence-corrected chi connectivity index (χ2v) is 4.89. The molecule has 16 heavy (non-hydrogen) atoms. The molecule has 0 amide bonds. The van der Waals surface area contributed by atoms with E-state index in [1.165, 1.54) is 5.56 Å². The van der Waals surface area contributed by atoms with E-state index in [4.69, 9.17) is 0 Å². The molecule has 0 aliphatic carbocycles. The summed E-state index contributed by atoms with van der Waals surface area (Å²) >= 11 is 2.28. The smallest absolute Gasteiger partial charge is 0.137 e. The highest BCUT2D eigenvalue weighted by Gasteiger charge is 2.03. The Labute approximate surface area is 107 Å². The molecule has 2 aromatic heterocycles. The monoisotopic (exact) mass is 320 g/mol. The van der Waals surface area contributed by atoms with Crippen molar-refractivity contribution in [2.24, 2.45) is 0 Å². The maximum Gasteiger partial charge on any atom is 0.137 e. The number of pyridine rings is 1. The lowest BCUT2D eigenvalue weighted by Crippen LogP contribution is -1.78. The number of halogens is 1. The average molecular weight is 320 g/mol. The standard InChI is InChI=1S/C13H9IN2/c14-11-6-10-7-12(16-13(10)15-8-11)9-4-2-1-3-5-9/h1-8H,(H,15,16). The number of rotatable bonds is 1. The Morgan fingerprint density at radius 2 is 1.88 bits per heavy atom. The number of aromatic amines is 1. The number of hydrogen-bond acceptors (Lipinski definition) is 1. The van der Waals surface area contributed by atoms with E-state index in [9.17, 15) is 0 Å². The van der Waals surface area contributed by atoms with Crippen LogP contribution in [0.3, 0.4) is 0 Å². The molecule has 0 aliphatic heterocycles. The molecule has 3 aromatic rings. The number of nitrogens with one attached hydrogen (secondary N) is 1. The highest BCUT2D eigenvalue weighted by molar-refractivity contribution is 14.1. The summed E-state index contributed by atoms with van der Waals surface area (Å²) in [6.07, 6.45) is 1.87. The topological polar surface area (TPSA) is 28.7 Å². The average Bonchev–Trinajstić information content (AvgIpc) is 2.73. The molecule has 1 N–H and O–H groups in total. The van der Waals surface area contributed by atoms with E-state index in [1.807, 2.05) is 24.4 Å². The van der Waals surface area contributed by atoms with Crippen molar-refractivity contribution in [2.45, 2.75) is 0 Å².